The van der Waals surface area contributed by atoms with E-state index in [2.05, 4.69) is 83.4 Å². The molecule has 5 nitrogen and oxygen atoms in total. The van der Waals surface area contributed by atoms with Crippen LogP contribution in [0, 0.1) is 0 Å². The number of pyridine rings is 1. The van der Waals surface area contributed by atoms with Gasteiger partial charge >= 0.3 is 0 Å². The average molecular weight is 565 g/mol. The molecule has 206 valence electrons. The maximum absolute atomic E-state index is 6.49. The van der Waals surface area contributed by atoms with E-state index in [1.807, 2.05) is 66.9 Å². The van der Waals surface area contributed by atoms with Gasteiger partial charge in [-0.1, -0.05) is 103 Å². The van der Waals surface area contributed by atoms with Crippen LogP contribution >= 0.6 is 0 Å². The smallest absolute Gasteiger partial charge is 0.161 e. The van der Waals surface area contributed by atoms with E-state index >= 15 is 0 Å². The highest BCUT2D eigenvalue weighted by atomic mass is 16.3. The van der Waals surface area contributed by atoms with Gasteiger partial charge in [0, 0.05) is 44.4 Å². The van der Waals surface area contributed by atoms with E-state index in [0.717, 1.165) is 77.6 Å². The van der Waals surface area contributed by atoms with Crippen molar-refractivity contribution in [3.05, 3.63) is 146 Å². The molecule has 0 bridgehead atoms. The van der Waals surface area contributed by atoms with Gasteiger partial charge in [0.25, 0.3) is 0 Å². The van der Waals surface area contributed by atoms with Crippen molar-refractivity contribution in [3.8, 4) is 39.7 Å². The van der Waals surface area contributed by atoms with E-state index < -0.39 is 0 Å². The van der Waals surface area contributed by atoms with Crippen LogP contribution in [0.3, 0.4) is 0 Å². The fourth-order valence-corrected chi connectivity index (χ4v) is 6.21. The minimum absolute atomic E-state index is 0.631. The first-order valence-corrected chi connectivity index (χ1v) is 14.6. The Morgan fingerprint density at radius 1 is 0.500 bits per heavy atom. The van der Waals surface area contributed by atoms with Crippen LogP contribution < -0.4 is 0 Å². The number of nitrogens with zero attached hydrogens (tertiary/aromatic N) is 4. The molecule has 0 aliphatic rings. The van der Waals surface area contributed by atoms with Gasteiger partial charge in [-0.2, -0.15) is 0 Å². The minimum Gasteiger partial charge on any atom is -0.454 e. The molecule has 4 heterocycles. The summed E-state index contributed by atoms with van der Waals surface area (Å²) in [5.74, 6) is 1.43. The van der Waals surface area contributed by atoms with E-state index in [4.69, 9.17) is 19.4 Å². The Labute approximate surface area is 252 Å². The van der Waals surface area contributed by atoms with Crippen molar-refractivity contribution in [1.82, 2.24) is 19.5 Å². The van der Waals surface area contributed by atoms with Gasteiger partial charge in [-0.3, -0.25) is 4.57 Å². The summed E-state index contributed by atoms with van der Waals surface area (Å²) in [5, 5.41) is 4.48. The Balaban J connectivity index is 1.24. The topological polar surface area (TPSA) is 56.7 Å². The van der Waals surface area contributed by atoms with Crippen LogP contribution in [-0.2, 0) is 0 Å². The number of benzene rings is 5. The largest absolute Gasteiger partial charge is 0.454 e. The molecule has 0 aliphatic heterocycles. The van der Waals surface area contributed by atoms with Crippen LogP contribution in [0.25, 0.3) is 83.5 Å². The Hall–Kier alpha value is -6.07. The molecule has 4 aromatic heterocycles. The SMILES string of the molecule is c1ccc(-c2cc(-c3ccccc3)nc(-c3ccc(-n4c5ccccc5c5ccc6c7ccccc7oc6c54)nc3)n2)cc1. The van der Waals surface area contributed by atoms with Crippen molar-refractivity contribution in [3.63, 3.8) is 0 Å². The van der Waals surface area contributed by atoms with Crippen LogP contribution in [0.1, 0.15) is 0 Å². The fraction of sp³-hybridized carbons (Fsp3) is 0. The molecular weight excluding hydrogens is 540 g/mol. The second kappa shape index (κ2) is 9.75. The highest BCUT2D eigenvalue weighted by molar-refractivity contribution is 6.21. The standard InChI is InChI=1S/C39H24N4O/c1-3-11-25(12-4-1)32-23-33(26-13-5-2-6-14-26)42-39(41-32)27-19-22-36(40-24-27)43-34-17-9-7-15-28(34)30-20-21-31-29-16-8-10-18-35(29)44-38(31)37(30)43/h1-24H. The lowest BCUT2D eigenvalue weighted by Crippen LogP contribution is -1.99. The molecule has 0 fully saturated rings. The molecule has 5 heteroatoms. The number of hydrogen-bond acceptors (Lipinski definition) is 4. The lowest BCUT2D eigenvalue weighted by molar-refractivity contribution is 0.671. The Morgan fingerprint density at radius 3 is 1.84 bits per heavy atom. The number of aromatic nitrogens is 4. The zero-order valence-corrected chi connectivity index (χ0v) is 23.6. The average Bonchev–Trinajstić information content (AvgIpc) is 3.65. The zero-order chi connectivity index (χ0) is 29.0. The van der Waals surface area contributed by atoms with Crippen molar-refractivity contribution in [2.45, 2.75) is 0 Å². The van der Waals surface area contributed by atoms with Crippen LogP contribution in [-0.4, -0.2) is 19.5 Å². The van der Waals surface area contributed by atoms with Crippen molar-refractivity contribution in [1.29, 1.82) is 0 Å². The van der Waals surface area contributed by atoms with Gasteiger partial charge in [0.1, 0.15) is 11.4 Å². The fourth-order valence-electron chi connectivity index (χ4n) is 6.21. The van der Waals surface area contributed by atoms with E-state index in [9.17, 15) is 0 Å². The van der Waals surface area contributed by atoms with Crippen LogP contribution in [0.15, 0.2) is 150 Å². The van der Waals surface area contributed by atoms with Crippen molar-refractivity contribution >= 4 is 43.7 Å². The van der Waals surface area contributed by atoms with Crippen LogP contribution in [0.4, 0.5) is 0 Å². The molecule has 0 atom stereocenters. The molecule has 0 aliphatic carbocycles. The van der Waals surface area contributed by atoms with Gasteiger partial charge in [-0.15, -0.1) is 0 Å². The predicted molar refractivity (Wildman–Crippen MR) is 178 cm³/mol. The molecule has 0 saturated heterocycles. The summed E-state index contributed by atoms with van der Waals surface area (Å²) in [6.07, 6.45) is 1.87. The highest BCUT2D eigenvalue weighted by Gasteiger charge is 2.19. The lowest BCUT2D eigenvalue weighted by atomic mass is 10.1. The van der Waals surface area contributed by atoms with Gasteiger partial charge in [0.15, 0.2) is 11.4 Å². The van der Waals surface area contributed by atoms with Gasteiger partial charge in [0.2, 0.25) is 0 Å². The summed E-state index contributed by atoms with van der Waals surface area (Å²) >= 11 is 0. The van der Waals surface area contributed by atoms with Gasteiger partial charge in [-0.25, -0.2) is 15.0 Å². The molecule has 0 amide bonds. The normalized spacial score (nSPS) is 11.6. The second-order valence-electron chi connectivity index (χ2n) is 10.9. The number of furan rings is 1. The maximum atomic E-state index is 6.49. The minimum atomic E-state index is 0.631. The van der Waals surface area contributed by atoms with Crippen LogP contribution in [0.2, 0.25) is 0 Å². The van der Waals surface area contributed by atoms with Crippen molar-refractivity contribution < 1.29 is 4.42 Å². The van der Waals surface area contributed by atoms with Crippen LogP contribution in [0.5, 0.6) is 0 Å². The molecular formula is C39H24N4O. The van der Waals surface area contributed by atoms with E-state index in [1.54, 1.807) is 0 Å². The Bertz CT molecular complexity index is 2420. The lowest BCUT2D eigenvalue weighted by Gasteiger charge is -2.11. The molecule has 9 rings (SSSR count). The first-order valence-electron chi connectivity index (χ1n) is 14.6. The summed E-state index contributed by atoms with van der Waals surface area (Å²) in [6, 6.07) is 47.6. The number of hydrogen-bond donors (Lipinski definition) is 0. The zero-order valence-electron chi connectivity index (χ0n) is 23.6. The maximum Gasteiger partial charge on any atom is 0.161 e. The molecule has 9 aromatic rings. The third-order valence-electron chi connectivity index (χ3n) is 8.28. The van der Waals surface area contributed by atoms with Crippen molar-refractivity contribution in [2.24, 2.45) is 0 Å². The van der Waals surface area contributed by atoms with Gasteiger partial charge in [-0.05, 0) is 36.4 Å². The van der Waals surface area contributed by atoms with E-state index in [1.165, 1.54) is 0 Å². The molecule has 0 unspecified atom stereocenters. The summed E-state index contributed by atoms with van der Waals surface area (Å²) < 4.78 is 8.70. The van der Waals surface area contributed by atoms with Gasteiger partial charge in [0.05, 0.1) is 22.4 Å². The molecule has 0 saturated carbocycles. The molecule has 5 aromatic carbocycles. The highest BCUT2D eigenvalue weighted by Crippen LogP contribution is 2.40. The number of rotatable bonds is 4. The summed E-state index contributed by atoms with van der Waals surface area (Å²) in [4.78, 5) is 15.0. The quantitative estimate of drug-likeness (QED) is 0.213. The third-order valence-corrected chi connectivity index (χ3v) is 8.28. The summed E-state index contributed by atoms with van der Waals surface area (Å²) in [6.45, 7) is 0. The van der Waals surface area contributed by atoms with E-state index in [0.29, 0.717) is 5.82 Å². The third kappa shape index (κ3) is 3.83. The second-order valence-corrected chi connectivity index (χ2v) is 10.9. The predicted octanol–water partition coefficient (Wildman–Crippen LogP) is 9.87. The Morgan fingerprint density at radius 2 is 1.14 bits per heavy atom. The number of fused-ring (bicyclic) bond motifs is 7. The molecule has 0 radical (unpaired) electrons. The first-order chi connectivity index (χ1) is 21.8. The molecule has 0 N–H and O–H groups in total. The Kier molecular flexibility index (Phi) is 5.43. The van der Waals surface area contributed by atoms with Crippen molar-refractivity contribution in [2.75, 3.05) is 0 Å². The summed E-state index contributed by atoms with van der Waals surface area (Å²) in [5.41, 5.74) is 8.48. The number of para-hydroxylation sites is 2. The van der Waals surface area contributed by atoms with Gasteiger partial charge < -0.3 is 4.42 Å². The molecule has 44 heavy (non-hydrogen) atoms. The first kappa shape index (κ1) is 24.5. The molecule has 0 spiro atoms. The summed E-state index contributed by atoms with van der Waals surface area (Å²) in [7, 11) is 0. The van der Waals surface area contributed by atoms with E-state index in [-0.39, 0.29) is 0 Å². The monoisotopic (exact) mass is 564 g/mol.